The first kappa shape index (κ1) is 14.9. The van der Waals surface area contributed by atoms with Crippen molar-refractivity contribution in [3.05, 3.63) is 35.6 Å². The SMILES string of the molecule is CNCc1c(COCCC(F)(F)F)oc2ccccc12. The quantitative estimate of drug-likeness (QED) is 0.824. The lowest BCUT2D eigenvalue weighted by molar-refractivity contribution is -0.146. The Morgan fingerprint density at radius 1 is 1.25 bits per heavy atom. The highest BCUT2D eigenvalue weighted by Crippen LogP contribution is 2.27. The summed E-state index contributed by atoms with van der Waals surface area (Å²) in [6.07, 6.45) is -5.14. The smallest absolute Gasteiger partial charge is 0.391 e. The maximum absolute atomic E-state index is 12.0. The van der Waals surface area contributed by atoms with Crippen LogP contribution in [0.5, 0.6) is 0 Å². The second-order valence-electron chi connectivity index (χ2n) is 4.45. The largest absolute Gasteiger partial charge is 0.458 e. The molecule has 0 bridgehead atoms. The third kappa shape index (κ3) is 3.74. The first-order valence-corrected chi connectivity index (χ1v) is 6.29. The van der Waals surface area contributed by atoms with Crippen LogP contribution >= 0.6 is 0 Å². The Kier molecular flexibility index (Phi) is 4.67. The minimum atomic E-state index is -4.19. The van der Waals surface area contributed by atoms with E-state index in [4.69, 9.17) is 9.15 Å². The zero-order valence-corrected chi connectivity index (χ0v) is 11.1. The van der Waals surface area contributed by atoms with Gasteiger partial charge in [-0.2, -0.15) is 13.2 Å². The molecule has 0 spiro atoms. The fourth-order valence-electron chi connectivity index (χ4n) is 1.99. The summed E-state index contributed by atoms with van der Waals surface area (Å²) in [6.45, 7) is 0.260. The lowest BCUT2D eigenvalue weighted by Gasteiger charge is -2.07. The molecular weight excluding hydrogens is 271 g/mol. The number of ether oxygens (including phenoxy) is 1. The van der Waals surface area contributed by atoms with E-state index in [2.05, 4.69) is 5.32 Å². The number of hydrogen-bond donors (Lipinski definition) is 1. The molecule has 20 heavy (non-hydrogen) atoms. The minimum absolute atomic E-state index is 0.0434. The predicted molar refractivity (Wildman–Crippen MR) is 69.3 cm³/mol. The van der Waals surface area contributed by atoms with E-state index in [9.17, 15) is 13.2 Å². The van der Waals surface area contributed by atoms with E-state index in [0.29, 0.717) is 17.9 Å². The van der Waals surface area contributed by atoms with E-state index >= 15 is 0 Å². The maximum Gasteiger partial charge on any atom is 0.391 e. The summed E-state index contributed by atoms with van der Waals surface area (Å²) in [5.74, 6) is 0.572. The van der Waals surface area contributed by atoms with Crippen LogP contribution in [0.1, 0.15) is 17.7 Å². The predicted octanol–water partition coefficient (Wildman–Crippen LogP) is 3.62. The molecule has 3 nitrogen and oxygen atoms in total. The molecule has 1 aromatic carbocycles. The first-order chi connectivity index (χ1) is 9.51. The zero-order valence-electron chi connectivity index (χ0n) is 11.1. The van der Waals surface area contributed by atoms with Gasteiger partial charge in [0.05, 0.1) is 13.0 Å². The highest BCUT2D eigenvalue weighted by Gasteiger charge is 2.26. The van der Waals surface area contributed by atoms with Gasteiger partial charge in [0.25, 0.3) is 0 Å². The molecular formula is C14H16F3NO2. The van der Waals surface area contributed by atoms with Crippen molar-refractivity contribution in [1.29, 1.82) is 0 Å². The summed E-state index contributed by atoms with van der Waals surface area (Å²) in [4.78, 5) is 0. The van der Waals surface area contributed by atoms with Gasteiger partial charge in [-0.15, -0.1) is 0 Å². The molecule has 1 N–H and O–H groups in total. The maximum atomic E-state index is 12.0. The monoisotopic (exact) mass is 287 g/mol. The van der Waals surface area contributed by atoms with E-state index in [1.165, 1.54) is 0 Å². The number of furan rings is 1. The molecule has 1 heterocycles. The lowest BCUT2D eigenvalue weighted by Crippen LogP contribution is -2.12. The van der Waals surface area contributed by atoms with Gasteiger partial charge in [0.2, 0.25) is 0 Å². The highest BCUT2D eigenvalue weighted by atomic mass is 19.4. The number of para-hydroxylation sites is 1. The number of fused-ring (bicyclic) bond motifs is 1. The minimum Gasteiger partial charge on any atom is -0.458 e. The molecule has 110 valence electrons. The Labute approximate surface area is 114 Å². The van der Waals surface area contributed by atoms with E-state index in [1.807, 2.05) is 24.3 Å². The Morgan fingerprint density at radius 2 is 2.00 bits per heavy atom. The number of benzene rings is 1. The van der Waals surface area contributed by atoms with Crippen LogP contribution in [-0.4, -0.2) is 19.8 Å². The van der Waals surface area contributed by atoms with Crippen LogP contribution in [0.25, 0.3) is 11.0 Å². The topological polar surface area (TPSA) is 34.4 Å². The summed E-state index contributed by atoms with van der Waals surface area (Å²) < 4.78 is 46.8. The molecule has 0 unspecified atom stereocenters. The van der Waals surface area contributed by atoms with Crippen molar-refractivity contribution in [2.24, 2.45) is 0 Å². The summed E-state index contributed by atoms with van der Waals surface area (Å²) in [5.41, 5.74) is 1.64. The van der Waals surface area contributed by atoms with Crippen molar-refractivity contribution in [3.63, 3.8) is 0 Å². The van der Waals surface area contributed by atoms with Crippen LogP contribution in [0.2, 0.25) is 0 Å². The van der Waals surface area contributed by atoms with E-state index in [1.54, 1.807) is 7.05 Å². The third-order valence-corrected chi connectivity index (χ3v) is 2.90. The zero-order chi connectivity index (χ0) is 14.6. The molecule has 0 aliphatic heterocycles. The van der Waals surface area contributed by atoms with Gasteiger partial charge >= 0.3 is 6.18 Å². The second kappa shape index (κ2) is 6.28. The van der Waals surface area contributed by atoms with Crippen LogP contribution in [0.3, 0.4) is 0 Å². The number of nitrogens with one attached hydrogen (secondary N) is 1. The van der Waals surface area contributed by atoms with E-state index in [-0.39, 0.29) is 13.2 Å². The number of halogens is 3. The molecule has 0 aliphatic rings. The second-order valence-corrected chi connectivity index (χ2v) is 4.45. The van der Waals surface area contributed by atoms with Crippen molar-refractivity contribution >= 4 is 11.0 Å². The summed E-state index contributed by atoms with van der Waals surface area (Å²) >= 11 is 0. The van der Waals surface area contributed by atoms with Gasteiger partial charge in [-0.05, 0) is 13.1 Å². The van der Waals surface area contributed by atoms with Gasteiger partial charge < -0.3 is 14.5 Å². The Bertz CT molecular complexity index is 563. The van der Waals surface area contributed by atoms with Crippen LogP contribution in [0.4, 0.5) is 13.2 Å². The molecule has 0 radical (unpaired) electrons. The van der Waals surface area contributed by atoms with Crippen LogP contribution in [0, 0.1) is 0 Å². The summed E-state index contributed by atoms with van der Waals surface area (Å²) in [7, 11) is 1.80. The first-order valence-electron chi connectivity index (χ1n) is 6.29. The average molecular weight is 287 g/mol. The third-order valence-electron chi connectivity index (χ3n) is 2.90. The van der Waals surface area contributed by atoms with Crippen molar-refractivity contribution in [1.82, 2.24) is 5.32 Å². The number of rotatable bonds is 6. The molecule has 2 rings (SSSR count). The Balaban J connectivity index is 2.07. The molecule has 0 atom stereocenters. The van der Waals surface area contributed by atoms with E-state index in [0.717, 1.165) is 10.9 Å². The normalized spacial score (nSPS) is 12.2. The number of alkyl halides is 3. The molecule has 0 aliphatic carbocycles. The molecule has 6 heteroatoms. The Hall–Kier alpha value is -1.53. The van der Waals surface area contributed by atoms with Gasteiger partial charge in [0.1, 0.15) is 18.0 Å². The highest BCUT2D eigenvalue weighted by molar-refractivity contribution is 5.82. The molecule has 0 saturated heterocycles. The van der Waals surface area contributed by atoms with Gasteiger partial charge in [-0.25, -0.2) is 0 Å². The average Bonchev–Trinajstić information content (AvgIpc) is 2.73. The summed E-state index contributed by atoms with van der Waals surface area (Å²) in [6, 6.07) is 7.49. The van der Waals surface area contributed by atoms with Gasteiger partial charge in [-0.1, -0.05) is 18.2 Å². The van der Waals surface area contributed by atoms with Crippen molar-refractivity contribution < 1.29 is 22.3 Å². The fourth-order valence-corrected chi connectivity index (χ4v) is 1.99. The number of hydrogen-bond acceptors (Lipinski definition) is 3. The van der Waals surface area contributed by atoms with Gasteiger partial charge in [-0.3, -0.25) is 0 Å². The van der Waals surface area contributed by atoms with Gasteiger partial charge in [0, 0.05) is 17.5 Å². The van der Waals surface area contributed by atoms with E-state index < -0.39 is 12.6 Å². The molecule has 0 fully saturated rings. The molecule has 1 aromatic heterocycles. The van der Waals surface area contributed by atoms with Crippen LogP contribution in [-0.2, 0) is 17.9 Å². The standard InChI is InChI=1S/C14H16F3NO2/c1-18-8-11-10-4-2-3-5-12(10)20-13(11)9-19-7-6-14(15,16)17/h2-5,18H,6-9H2,1H3. The summed E-state index contributed by atoms with van der Waals surface area (Å²) in [5, 5.41) is 3.98. The Morgan fingerprint density at radius 3 is 2.70 bits per heavy atom. The fraction of sp³-hybridized carbons (Fsp3) is 0.429. The van der Waals surface area contributed by atoms with Crippen molar-refractivity contribution in [3.8, 4) is 0 Å². The van der Waals surface area contributed by atoms with Crippen LogP contribution < -0.4 is 5.32 Å². The van der Waals surface area contributed by atoms with Crippen molar-refractivity contribution in [2.45, 2.75) is 25.7 Å². The van der Waals surface area contributed by atoms with Crippen molar-refractivity contribution in [2.75, 3.05) is 13.7 Å². The molecule has 0 saturated carbocycles. The molecule has 2 aromatic rings. The van der Waals surface area contributed by atoms with Crippen LogP contribution in [0.15, 0.2) is 28.7 Å². The lowest BCUT2D eigenvalue weighted by atomic mass is 10.1. The van der Waals surface area contributed by atoms with Gasteiger partial charge in [0.15, 0.2) is 0 Å². The molecule has 0 amide bonds.